The van der Waals surface area contributed by atoms with E-state index in [1.54, 1.807) is 10.9 Å². The highest BCUT2D eigenvalue weighted by molar-refractivity contribution is 5.81. The Labute approximate surface area is 120 Å². The first-order valence-corrected chi connectivity index (χ1v) is 7.07. The fourth-order valence-corrected chi connectivity index (χ4v) is 2.49. The van der Waals surface area contributed by atoms with Crippen molar-refractivity contribution in [1.29, 1.82) is 0 Å². The third kappa shape index (κ3) is 2.61. The second-order valence-electron chi connectivity index (χ2n) is 5.63. The van der Waals surface area contributed by atoms with Crippen molar-refractivity contribution >= 4 is 10.9 Å². The van der Waals surface area contributed by atoms with E-state index in [-0.39, 0.29) is 5.56 Å². The van der Waals surface area contributed by atoms with Gasteiger partial charge in [-0.15, -0.1) is 0 Å². The normalized spacial score (nSPS) is 13.1. The molecule has 1 heterocycles. The largest absolute Gasteiger partial charge is 0.305 e. The van der Waals surface area contributed by atoms with Crippen LogP contribution in [0.2, 0.25) is 0 Å². The molecule has 0 unspecified atom stereocenters. The molecule has 1 atom stereocenters. The first kappa shape index (κ1) is 14.7. The van der Waals surface area contributed by atoms with Crippen LogP contribution in [0.1, 0.15) is 24.5 Å². The van der Waals surface area contributed by atoms with Gasteiger partial charge < -0.3 is 4.90 Å². The fraction of sp³-hybridized carbons (Fsp3) is 0.500. The minimum absolute atomic E-state index is 0.0541. The van der Waals surface area contributed by atoms with E-state index in [2.05, 4.69) is 16.8 Å². The molecule has 20 heavy (non-hydrogen) atoms. The van der Waals surface area contributed by atoms with Gasteiger partial charge in [-0.1, -0.05) is 13.0 Å². The number of likely N-dealkylation sites (N-methyl/N-ethyl adjacent to an activating group) is 1. The molecule has 0 fully saturated rings. The molecule has 0 spiro atoms. The highest BCUT2D eigenvalue weighted by Gasteiger charge is 2.13. The number of fused-ring (bicyclic) bond motifs is 1. The molecule has 108 valence electrons. The molecule has 0 N–H and O–H groups in total. The Morgan fingerprint density at radius 3 is 2.60 bits per heavy atom. The van der Waals surface area contributed by atoms with Crippen molar-refractivity contribution in [2.75, 3.05) is 14.1 Å². The van der Waals surface area contributed by atoms with Gasteiger partial charge in [0.25, 0.3) is 5.56 Å². The molecule has 0 saturated carbocycles. The molecule has 0 aliphatic rings. The molecule has 4 heteroatoms. The lowest BCUT2D eigenvalue weighted by molar-refractivity contribution is 0.255. The Balaban J connectivity index is 2.50. The molecule has 0 aliphatic carbocycles. The van der Waals surface area contributed by atoms with Gasteiger partial charge in [0.1, 0.15) is 0 Å². The van der Waals surface area contributed by atoms with Crippen LogP contribution < -0.4 is 5.56 Å². The molecule has 0 amide bonds. The van der Waals surface area contributed by atoms with Crippen LogP contribution >= 0.6 is 0 Å². The summed E-state index contributed by atoms with van der Waals surface area (Å²) in [6.07, 6.45) is 2.69. The predicted molar refractivity (Wildman–Crippen MR) is 83.2 cm³/mol. The average molecular weight is 273 g/mol. The molecule has 2 rings (SSSR count). The molecular weight excluding hydrogens is 250 g/mol. The Kier molecular flexibility index (Phi) is 4.23. The van der Waals surface area contributed by atoms with Crippen LogP contribution in [-0.4, -0.2) is 34.6 Å². The summed E-state index contributed by atoms with van der Waals surface area (Å²) < 4.78 is 1.73. The number of aryl methyl sites for hydroxylation is 2. The second-order valence-corrected chi connectivity index (χ2v) is 5.63. The molecule has 1 aromatic heterocycles. The summed E-state index contributed by atoms with van der Waals surface area (Å²) in [4.78, 5) is 19.2. The zero-order valence-corrected chi connectivity index (χ0v) is 13.0. The van der Waals surface area contributed by atoms with E-state index >= 15 is 0 Å². The number of hydrogen-bond donors (Lipinski definition) is 0. The third-order valence-electron chi connectivity index (χ3n) is 4.13. The molecular formula is C16H23N3O. The Hall–Kier alpha value is -1.68. The van der Waals surface area contributed by atoms with Crippen molar-refractivity contribution in [1.82, 2.24) is 14.5 Å². The predicted octanol–water partition coefficient (Wildman–Crippen LogP) is 2.35. The van der Waals surface area contributed by atoms with Gasteiger partial charge in [-0.05, 0) is 51.6 Å². The number of aromatic nitrogens is 2. The number of rotatable bonds is 4. The lowest BCUT2D eigenvalue weighted by Crippen LogP contribution is -2.35. The Bertz CT molecular complexity index is 673. The van der Waals surface area contributed by atoms with Crippen molar-refractivity contribution < 1.29 is 0 Å². The lowest BCUT2D eigenvalue weighted by Gasteiger charge is -2.23. The van der Waals surface area contributed by atoms with Crippen LogP contribution in [0.25, 0.3) is 10.9 Å². The van der Waals surface area contributed by atoms with Crippen LogP contribution in [0.5, 0.6) is 0 Å². The maximum atomic E-state index is 12.6. The number of benzene rings is 1. The quantitative estimate of drug-likeness (QED) is 0.858. The summed E-state index contributed by atoms with van der Waals surface area (Å²) in [5, 5.41) is 0.712. The van der Waals surface area contributed by atoms with E-state index in [0.29, 0.717) is 18.0 Å². The summed E-state index contributed by atoms with van der Waals surface area (Å²) in [6.45, 7) is 6.88. The summed E-state index contributed by atoms with van der Waals surface area (Å²) >= 11 is 0. The van der Waals surface area contributed by atoms with E-state index in [9.17, 15) is 4.79 Å². The standard InChI is InChI=1S/C16H23N3O/c1-6-13(18(4)5)9-19-10-17-15-12(3)11(2)7-8-14(15)16(19)20/h7-8,10,13H,6,9H2,1-5H3/t13-/m0/s1. The van der Waals surface area contributed by atoms with Gasteiger partial charge in [-0.25, -0.2) is 4.98 Å². The van der Waals surface area contributed by atoms with Gasteiger partial charge in [0.05, 0.1) is 17.2 Å². The Morgan fingerprint density at radius 1 is 1.30 bits per heavy atom. The molecule has 0 bridgehead atoms. The average Bonchev–Trinajstić information content (AvgIpc) is 2.42. The molecule has 0 radical (unpaired) electrons. The lowest BCUT2D eigenvalue weighted by atomic mass is 10.1. The second kappa shape index (κ2) is 5.75. The first-order valence-electron chi connectivity index (χ1n) is 7.07. The first-order chi connectivity index (χ1) is 9.45. The van der Waals surface area contributed by atoms with E-state index in [0.717, 1.165) is 17.5 Å². The molecule has 0 aliphatic heterocycles. The summed E-state index contributed by atoms with van der Waals surface area (Å²) in [7, 11) is 4.09. The van der Waals surface area contributed by atoms with Crippen molar-refractivity contribution in [3.63, 3.8) is 0 Å². The minimum atomic E-state index is 0.0541. The highest BCUT2D eigenvalue weighted by Crippen LogP contribution is 2.16. The molecule has 2 aromatic rings. The molecule has 1 aromatic carbocycles. The van der Waals surface area contributed by atoms with Crippen molar-refractivity contribution in [3.8, 4) is 0 Å². The fourth-order valence-electron chi connectivity index (χ4n) is 2.49. The molecule has 4 nitrogen and oxygen atoms in total. The van der Waals surface area contributed by atoms with Crippen LogP contribution in [0, 0.1) is 13.8 Å². The van der Waals surface area contributed by atoms with Crippen molar-refractivity contribution in [3.05, 3.63) is 39.9 Å². The highest BCUT2D eigenvalue weighted by atomic mass is 16.1. The smallest absolute Gasteiger partial charge is 0.261 e. The van der Waals surface area contributed by atoms with Gasteiger partial charge >= 0.3 is 0 Å². The maximum Gasteiger partial charge on any atom is 0.261 e. The van der Waals surface area contributed by atoms with Gasteiger partial charge in [0, 0.05) is 12.6 Å². The van der Waals surface area contributed by atoms with E-state index in [1.165, 1.54) is 5.56 Å². The topological polar surface area (TPSA) is 38.1 Å². The van der Waals surface area contributed by atoms with Crippen molar-refractivity contribution in [2.45, 2.75) is 39.8 Å². The Morgan fingerprint density at radius 2 is 2.00 bits per heavy atom. The zero-order chi connectivity index (χ0) is 14.9. The number of nitrogens with zero attached hydrogens (tertiary/aromatic N) is 3. The third-order valence-corrected chi connectivity index (χ3v) is 4.13. The van der Waals surface area contributed by atoms with Crippen LogP contribution in [-0.2, 0) is 6.54 Å². The van der Waals surface area contributed by atoms with E-state index in [1.807, 2.05) is 40.1 Å². The maximum absolute atomic E-state index is 12.6. The van der Waals surface area contributed by atoms with Crippen molar-refractivity contribution in [2.24, 2.45) is 0 Å². The van der Waals surface area contributed by atoms with Gasteiger partial charge in [-0.2, -0.15) is 0 Å². The monoisotopic (exact) mass is 273 g/mol. The van der Waals surface area contributed by atoms with Gasteiger partial charge in [-0.3, -0.25) is 9.36 Å². The van der Waals surface area contributed by atoms with E-state index < -0.39 is 0 Å². The minimum Gasteiger partial charge on any atom is -0.305 e. The summed E-state index contributed by atoms with van der Waals surface area (Å²) in [6, 6.07) is 4.23. The number of hydrogen-bond acceptors (Lipinski definition) is 3. The van der Waals surface area contributed by atoms with Crippen LogP contribution in [0.3, 0.4) is 0 Å². The van der Waals surface area contributed by atoms with Gasteiger partial charge in [0.15, 0.2) is 0 Å². The van der Waals surface area contributed by atoms with Gasteiger partial charge in [0.2, 0.25) is 0 Å². The molecule has 0 saturated heterocycles. The van der Waals surface area contributed by atoms with Crippen LogP contribution in [0.15, 0.2) is 23.3 Å². The summed E-state index contributed by atoms with van der Waals surface area (Å²) in [5.41, 5.74) is 3.14. The SMILES string of the molecule is CC[C@@H](Cn1cnc2c(C)c(C)ccc2c1=O)N(C)C. The summed E-state index contributed by atoms with van der Waals surface area (Å²) in [5.74, 6) is 0. The van der Waals surface area contributed by atoms with E-state index in [4.69, 9.17) is 0 Å². The zero-order valence-electron chi connectivity index (χ0n) is 13.0. The van der Waals surface area contributed by atoms with Crippen LogP contribution in [0.4, 0.5) is 0 Å².